The number of hydrogen-bond acceptors (Lipinski definition) is 3. The van der Waals surface area contributed by atoms with Crippen LogP contribution < -0.4 is 5.32 Å². The van der Waals surface area contributed by atoms with Crippen LogP contribution in [-0.4, -0.2) is 56.1 Å². The summed E-state index contributed by atoms with van der Waals surface area (Å²) in [6.07, 6.45) is 3.80. The van der Waals surface area contributed by atoms with E-state index in [1.54, 1.807) is 0 Å². The molecule has 1 heterocycles. The standard InChI is InChI=1S/C18H31N3/c1-3-4-10-18(17-8-6-5-7-9-17)19-11-12-21-15-13-20(2)14-16-21/h5-9,18-19H,3-4,10-16H2,1-2H3. The molecule has 1 fully saturated rings. The molecule has 0 amide bonds. The minimum Gasteiger partial charge on any atom is -0.309 e. The van der Waals surface area contributed by atoms with Gasteiger partial charge in [0.1, 0.15) is 0 Å². The molecular formula is C18H31N3. The molecule has 21 heavy (non-hydrogen) atoms. The van der Waals surface area contributed by atoms with E-state index < -0.39 is 0 Å². The highest BCUT2D eigenvalue weighted by molar-refractivity contribution is 5.18. The Morgan fingerprint density at radius 3 is 2.48 bits per heavy atom. The molecule has 3 nitrogen and oxygen atoms in total. The van der Waals surface area contributed by atoms with E-state index in [0.29, 0.717) is 6.04 Å². The molecule has 0 bridgehead atoms. The molecule has 2 rings (SSSR count). The summed E-state index contributed by atoms with van der Waals surface area (Å²) in [5.41, 5.74) is 1.43. The summed E-state index contributed by atoms with van der Waals surface area (Å²) < 4.78 is 0. The van der Waals surface area contributed by atoms with E-state index in [9.17, 15) is 0 Å². The van der Waals surface area contributed by atoms with Crippen LogP contribution in [0.15, 0.2) is 30.3 Å². The van der Waals surface area contributed by atoms with Gasteiger partial charge in [-0.25, -0.2) is 0 Å². The van der Waals surface area contributed by atoms with E-state index in [4.69, 9.17) is 0 Å². The van der Waals surface area contributed by atoms with Gasteiger partial charge in [0.25, 0.3) is 0 Å². The van der Waals surface area contributed by atoms with Gasteiger partial charge < -0.3 is 10.2 Å². The largest absolute Gasteiger partial charge is 0.309 e. The molecule has 1 aliphatic rings. The van der Waals surface area contributed by atoms with Gasteiger partial charge in [-0.1, -0.05) is 50.1 Å². The second kappa shape index (κ2) is 9.19. The second-order valence-electron chi connectivity index (χ2n) is 6.20. The van der Waals surface area contributed by atoms with Crippen molar-refractivity contribution in [3.63, 3.8) is 0 Å². The predicted octanol–water partition coefficient (Wildman–Crippen LogP) is 2.75. The predicted molar refractivity (Wildman–Crippen MR) is 90.6 cm³/mol. The molecule has 3 heteroatoms. The third-order valence-electron chi connectivity index (χ3n) is 4.46. The lowest BCUT2D eigenvalue weighted by atomic mass is 10.0. The molecule has 1 N–H and O–H groups in total. The lowest BCUT2D eigenvalue weighted by Crippen LogP contribution is -2.46. The summed E-state index contributed by atoms with van der Waals surface area (Å²) in [6.45, 7) is 9.37. The van der Waals surface area contributed by atoms with E-state index in [0.717, 1.165) is 6.54 Å². The van der Waals surface area contributed by atoms with Crippen molar-refractivity contribution in [1.29, 1.82) is 0 Å². The van der Waals surface area contributed by atoms with Crippen LogP contribution in [0.4, 0.5) is 0 Å². The van der Waals surface area contributed by atoms with E-state index in [1.807, 2.05) is 0 Å². The normalized spacial score (nSPS) is 18.8. The maximum absolute atomic E-state index is 3.77. The average Bonchev–Trinajstić information content (AvgIpc) is 2.53. The minimum atomic E-state index is 0.513. The Balaban J connectivity index is 1.76. The van der Waals surface area contributed by atoms with Gasteiger partial charge in [0.15, 0.2) is 0 Å². The minimum absolute atomic E-state index is 0.513. The smallest absolute Gasteiger partial charge is 0.0320 e. The van der Waals surface area contributed by atoms with Crippen molar-refractivity contribution in [2.45, 2.75) is 32.2 Å². The molecule has 1 unspecified atom stereocenters. The number of nitrogens with one attached hydrogen (secondary N) is 1. The highest BCUT2D eigenvalue weighted by Crippen LogP contribution is 2.18. The van der Waals surface area contributed by atoms with Crippen molar-refractivity contribution < 1.29 is 0 Å². The number of benzene rings is 1. The third kappa shape index (κ3) is 5.77. The van der Waals surface area contributed by atoms with E-state index >= 15 is 0 Å². The monoisotopic (exact) mass is 289 g/mol. The fourth-order valence-corrected chi connectivity index (χ4v) is 2.95. The summed E-state index contributed by atoms with van der Waals surface area (Å²) >= 11 is 0. The van der Waals surface area contributed by atoms with Gasteiger partial charge in [-0.15, -0.1) is 0 Å². The van der Waals surface area contributed by atoms with Gasteiger partial charge in [0.2, 0.25) is 0 Å². The number of rotatable bonds is 8. The van der Waals surface area contributed by atoms with Gasteiger partial charge in [0.05, 0.1) is 0 Å². The summed E-state index contributed by atoms with van der Waals surface area (Å²) in [4.78, 5) is 4.99. The summed E-state index contributed by atoms with van der Waals surface area (Å²) in [7, 11) is 2.21. The SMILES string of the molecule is CCCCC(NCCN1CCN(C)CC1)c1ccccc1. The molecule has 0 aromatic heterocycles. The first-order chi connectivity index (χ1) is 10.3. The second-order valence-corrected chi connectivity index (χ2v) is 6.20. The first-order valence-electron chi connectivity index (χ1n) is 8.49. The van der Waals surface area contributed by atoms with Gasteiger partial charge in [-0.05, 0) is 19.0 Å². The van der Waals surface area contributed by atoms with Gasteiger partial charge in [-0.2, -0.15) is 0 Å². The van der Waals surface area contributed by atoms with Crippen molar-refractivity contribution >= 4 is 0 Å². The molecule has 1 atom stereocenters. The maximum Gasteiger partial charge on any atom is 0.0320 e. The van der Waals surface area contributed by atoms with Crippen LogP contribution in [0.5, 0.6) is 0 Å². The Labute approximate surface area is 130 Å². The summed E-state index contributed by atoms with van der Waals surface area (Å²) in [6, 6.07) is 11.4. The first kappa shape index (κ1) is 16.5. The number of unbranched alkanes of at least 4 members (excludes halogenated alkanes) is 1. The molecule has 0 radical (unpaired) electrons. The number of nitrogens with zero attached hydrogens (tertiary/aromatic N) is 2. The number of hydrogen-bond donors (Lipinski definition) is 1. The zero-order valence-electron chi connectivity index (χ0n) is 13.7. The molecule has 1 aromatic rings. The Kier molecular flexibility index (Phi) is 7.20. The van der Waals surface area contributed by atoms with Crippen molar-refractivity contribution in [3.8, 4) is 0 Å². The van der Waals surface area contributed by atoms with Crippen LogP contribution in [0, 0.1) is 0 Å². The maximum atomic E-state index is 3.77. The van der Waals surface area contributed by atoms with Crippen molar-refractivity contribution in [3.05, 3.63) is 35.9 Å². The van der Waals surface area contributed by atoms with E-state index in [1.165, 1.54) is 57.5 Å². The van der Waals surface area contributed by atoms with Crippen LogP contribution in [-0.2, 0) is 0 Å². The Morgan fingerprint density at radius 2 is 1.81 bits per heavy atom. The highest BCUT2D eigenvalue weighted by atomic mass is 15.2. The van der Waals surface area contributed by atoms with E-state index in [-0.39, 0.29) is 0 Å². The topological polar surface area (TPSA) is 18.5 Å². The van der Waals surface area contributed by atoms with Crippen LogP contribution in [0.1, 0.15) is 37.8 Å². The number of likely N-dealkylation sites (N-methyl/N-ethyl adjacent to an activating group) is 1. The Hall–Kier alpha value is -0.900. The van der Waals surface area contributed by atoms with Gasteiger partial charge in [0, 0.05) is 45.3 Å². The molecular weight excluding hydrogens is 258 g/mol. The Morgan fingerprint density at radius 1 is 1.10 bits per heavy atom. The quantitative estimate of drug-likeness (QED) is 0.794. The fourth-order valence-electron chi connectivity index (χ4n) is 2.95. The first-order valence-corrected chi connectivity index (χ1v) is 8.49. The molecule has 1 saturated heterocycles. The zero-order valence-corrected chi connectivity index (χ0v) is 13.7. The number of piperazine rings is 1. The van der Waals surface area contributed by atoms with E-state index in [2.05, 4.69) is 59.4 Å². The van der Waals surface area contributed by atoms with Crippen molar-refractivity contribution in [2.24, 2.45) is 0 Å². The van der Waals surface area contributed by atoms with Gasteiger partial charge >= 0.3 is 0 Å². The Bertz CT molecular complexity index is 371. The molecule has 0 saturated carbocycles. The van der Waals surface area contributed by atoms with Crippen molar-refractivity contribution in [1.82, 2.24) is 15.1 Å². The summed E-state index contributed by atoms with van der Waals surface area (Å²) in [5, 5.41) is 3.77. The fraction of sp³-hybridized carbons (Fsp3) is 0.667. The zero-order chi connectivity index (χ0) is 14.9. The molecule has 0 aliphatic carbocycles. The molecule has 1 aliphatic heterocycles. The summed E-state index contributed by atoms with van der Waals surface area (Å²) in [5.74, 6) is 0. The lowest BCUT2D eigenvalue weighted by molar-refractivity contribution is 0.153. The van der Waals surface area contributed by atoms with Crippen LogP contribution in [0.3, 0.4) is 0 Å². The van der Waals surface area contributed by atoms with Crippen LogP contribution in [0.2, 0.25) is 0 Å². The third-order valence-corrected chi connectivity index (χ3v) is 4.46. The van der Waals surface area contributed by atoms with Crippen molar-refractivity contribution in [2.75, 3.05) is 46.3 Å². The highest BCUT2D eigenvalue weighted by Gasteiger charge is 2.14. The average molecular weight is 289 g/mol. The van der Waals surface area contributed by atoms with Crippen LogP contribution in [0.25, 0.3) is 0 Å². The molecule has 1 aromatic carbocycles. The lowest BCUT2D eigenvalue weighted by Gasteiger charge is -2.32. The molecule has 0 spiro atoms. The molecule has 118 valence electrons. The van der Waals surface area contributed by atoms with Crippen LogP contribution >= 0.6 is 0 Å². The van der Waals surface area contributed by atoms with Gasteiger partial charge in [-0.3, -0.25) is 4.90 Å².